The van der Waals surface area contributed by atoms with Gasteiger partial charge in [0, 0.05) is 17.1 Å². The van der Waals surface area contributed by atoms with Crippen molar-refractivity contribution in [3.63, 3.8) is 0 Å². The van der Waals surface area contributed by atoms with Gasteiger partial charge in [-0.2, -0.15) is 11.8 Å². The molecule has 7 nitrogen and oxygen atoms in total. The lowest BCUT2D eigenvalue weighted by atomic mass is 10.0. The highest BCUT2D eigenvalue weighted by Gasteiger charge is 2.46. The molecule has 2 aromatic carbocycles. The van der Waals surface area contributed by atoms with Gasteiger partial charge in [0.05, 0.1) is 17.2 Å². The van der Waals surface area contributed by atoms with Crippen molar-refractivity contribution in [1.29, 1.82) is 0 Å². The second-order valence-corrected chi connectivity index (χ2v) is 9.25. The number of benzene rings is 2. The van der Waals surface area contributed by atoms with Crippen LogP contribution in [-0.2, 0) is 9.53 Å². The van der Waals surface area contributed by atoms with Crippen LogP contribution < -0.4 is 5.32 Å². The van der Waals surface area contributed by atoms with Crippen LogP contribution in [0.2, 0.25) is 0 Å². The van der Waals surface area contributed by atoms with Crippen LogP contribution in [0.25, 0.3) is 0 Å². The van der Waals surface area contributed by atoms with Crippen LogP contribution in [-0.4, -0.2) is 58.3 Å². The molecule has 3 atom stereocenters. The van der Waals surface area contributed by atoms with Gasteiger partial charge < -0.3 is 10.1 Å². The highest BCUT2D eigenvalue weighted by molar-refractivity contribution is 7.99. The van der Waals surface area contributed by atoms with Gasteiger partial charge >= 0.3 is 5.97 Å². The summed E-state index contributed by atoms with van der Waals surface area (Å²) in [6.07, 6.45) is -0.545. The van der Waals surface area contributed by atoms with Crippen LogP contribution >= 0.6 is 11.8 Å². The summed E-state index contributed by atoms with van der Waals surface area (Å²) in [5.74, 6) is -1.06. The monoisotopic (exact) mass is 452 g/mol. The maximum absolute atomic E-state index is 13.2. The van der Waals surface area contributed by atoms with Crippen LogP contribution in [0.1, 0.15) is 44.9 Å². The molecule has 0 bridgehead atoms. The van der Waals surface area contributed by atoms with Crippen molar-refractivity contribution in [2.45, 2.75) is 32.0 Å². The third-order valence-electron chi connectivity index (χ3n) is 5.62. The maximum atomic E-state index is 13.2. The Bertz CT molecular complexity index is 1020. The quantitative estimate of drug-likeness (QED) is 0.535. The molecule has 0 spiro atoms. The number of amides is 3. The summed E-state index contributed by atoms with van der Waals surface area (Å²) in [6, 6.07) is 14.0. The summed E-state index contributed by atoms with van der Waals surface area (Å²) in [5, 5.41) is 2.94. The molecule has 2 heterocycles. The minimum absolute atomic E-state index is 0.236. The van der Waals surface area contributed by atoms with Crippen molar-refractivity contribution in [2.24, 2.45) is 5.92 Å². The Labute approximate surface area is 190 Å². The molecule has 4 rings (SSSR count). The number of esters is 1. The van der Waals surface area contributed by atoms with Crippen LogP contribution in [0.4, 0.5) is 0 Å². The number of fused-ring (bicyclic) bond motifs is 1. The van der Waals surface area contributed by atoms with Crippen LogP contribution in [0, 0.1) is 5.92 Å². The van der Waals surface area contributed by atoms with E-state index in [4.69, 9.17) is 4.74 Å². The fourth-order valence-electron chi connectivity index (χ4n) is 3.98. The molecule has 1 N–H and O–H groups in total. The van der Waals surface area contributed by atoms with E-state index in [1.807, 2.05) is 6.07 Å². The Morgan fingerprint density at radius 2 is 1.56 bits per heavy atom. The van der Waals surface area contributed by atoms with Crippen molar-refractivity contribution in [2.75, 3.05) is 11.5 Å². The van der Waals surface area contributed by atoms with Crippen molar-refractivity contribution in [3.05, 3.63) is 71.3 Å². The van der Waals surface area contributed by atoms with Crippen LogP contribution in [0.5, 0.6) is 0 Å². The van der Waals surface area contributed by atoms with Gasteiger partial charge in [-0.25, -0.2) is 4.79 Å². The lowest BCUT2D eigenvalue weighted by molar-refractivity contribution is -0.155. The average Bonchev–Trinajstić information content (AvgIpc) is 3.32. The van der Waals surface area contributed by atoms with Gasteiger partial charge in [-0.1, -0.05) is 44.2 Å². The standard InChI is InChI=1S/C24H24N2O5S/c1-14(2)20(26-22(28)16-10-6-7-11-17(16)23(26)29)24(30)31-19-13-32-12-18(19)25-21(27)15-8-4-3-5-9-15/h3-11,14,18-20H,12-13H2,1-2H3,(H,25,27)/t18-,19-,20+/m0/s1. The number of thioether (sulfide) groups is 1. The number of carbonyl (C=O) groups is 4. The van der Waals surface area contributed by atoms with Crippen molar-refractivity contribution in [1.82, 2.24) is 10.2 Å². The molecule has 0 saturated carbocycles. The van der Waals surface area contributed by atoms with Gasteiger partial charge in [-0.05, 0) is 30.2 Å². The first kappa shape index (κ1) is 22.1. The van der Waals surface area contributed by atoms with E-state index < -0.39 is 29.9 Å². The Morgan fingerprint density at radius 1 is 0.969 bits per heavy atom. The molecule has 166 valence electrons. The second-order valence-electron chi connectivity index (χ2n) is 8.17. The molecular weight excluding hydrogens is 428 g/mol. The van der Waals surface area contributed by atoms with E-state index in [-0.39, 0.29) is 17.9 Å². The number of nitrogens with zero attached hydrogens (tertiary/aromatic N) is 1. The van der Waals surface area contributed by atoms with Gasteiger partial charge in [-0.3, -0.25) is 19.3 Å². The summed E-state index contributed by atoms with van der Waals surface area (Å²) in [7, 11) is 0. The second kappa shape index (κ2) is 9.16. The molecule has 0 aliphatic carbocycles. The van der Waals surface area contributed by atoms with Crippen molar-refractivity contribution < 1.29 is 23.9 Å². The number of nitrogens with one attached hydrogen (secondary N) is 1. The molecule has 1 saturated heterocycles. The van der Waals surface area contributed by atoms with Gasteiger partial charge in [0.2, 0.25) is 0 Å². The lowest BCUT2D eigenvalue weighted by Gasteiger charge is -2.30. The van der Waals surface area contributed by atoms with Gasteiger partial charge in [0.15, 0.2) is 0 Å². The molecule has 0 unspecified atom stereocenters. The van der Waals surface area contributed by atoms with E-state index in [0.29, 0.717) is 28.2 Å². The van der Waals surface area contributed by atoms with Gasteiger partial charge in [-0.15, -0.1) is 0 Å². The SMILES string of the molecule is CC(C)[C@H](C(=O)O[C@H]1CSC[C@@H]1NC(=O)c1ccccc1)N1C(=O)c2ccccc2C1=O. The molecule has 0 radical (unpaired) electrons. The first-order chi connectivity index (χ1) is 15.4. The lowest BCUT2D eigenvalue weighted by Crippen LogP contribution is -2.51. The Hall–Kier alpha value is -3.13. The van der Waals surface area contributed by atoms with Crippen LogP contribution in [0.15, 0.2) is 54.6 Å². The highest BCUT2D eigenvalue weighted by Crippen LogP contribution is 2.29. The molecule has 32 heavy (non-hydrogen) atoms. The zero-order valence-corrected chi connectivity index (χ0v) is 18.6. The molecule has 1 fully saturated rings. The van der Waals surface area contributed by atoms with E-state index in [9.17, 15) is 19.2 Å². The van der Waals surface area contributed by atoms with E-state index in [2.05, 4.69) is 5.32 Å². The molecular formula is C24H24N2O5S. The number of imide groups is 1. The van der Waals surface area contributed by atoms with Crippen molar-refractivity contribution >= 4 is 35.5 Å². The topological polar surface area (TPSA) is 92.8 Å². The molecule has 3 amide bonds. The highest BCUT2D eigenvalue weighted by atomic mass is 32.2. The molecule has 2 aliphatic rings. The molecule has 2 aromatic rings. The average molecular weight is 453 g/mol. The van der Waals surface area contributed by atoms with Crippen molar-refractivity contribution in [3.8, 4) is 0 Å². The van der Waals surface area contributed by atoms with E-state index in [1.54, 1.807) is 74.1 Å². The fourth-order valence-corrected chi connectivity index (χ4v) is 5.20. The normalized spacial score (nSPS) is 20.9. The smallest absolute Gasteiger partial charge is 0.330 e. The number of hydrogen-bond acceptors (Lipinski definition) is 6. The third-order valence-corrected chi connectivity index (χ3v) is 6.78. The predicted molar refractivity (Wildman–Crippen MR) is 120 cm³/mol. The van der Waals surface area contributed by atoms with Gasteiger partial charge in [0.25, 0.3) is 17.7 Å². The minimum Gasteiger partial charge on any atom is -0.458 e. The first-order valence-corrected chi connectivity index (χ1v) is 11.6. The van der Waals surface area contributed by atoms with E-state index >= 15 is 0 Å². The Balaban J connectivity index is 1.48. The fraction of sp³-hybridized carbons (Fsp3) is 0.333. The summed E-state index contributed by atoms with van der Waals surface area (Å²) in [4.78, 5) is 52.5. The summed E-state index contributed by atoms with van der Waals surface area (Å²) < 4.78 is 5.77. The molecule has 0 aromatic heterocycles. The Kier molecular flexibility index (Phi) is 6.32. The maximum Gasteiger partial charge on any atom is 0.330 e. The van der Waals surface area contributed by atoms with Gasteiger partial charge in [0.1, 0.15) is 12.1 Å². The summed E-state index contributed by atoms with van der Waals surface area (Å²) in [6.45, 7) is 3.54. The number of carbonyl (C=O) groups excluding carboxylic acids is 4. The number of ether oxygens (including phenoxy) is 1. The predicted octanol–water partition coefficient (Wildman–Crippen LogP) is 2.76. The minimum atomic E-state index is -1.04. The van der Waals surface area contributed by atoms with Crippen LogP contribution in [0.3, 0.4) is 0 Å². The third kappa shape index (κ3) is 4.14. The molecule has 2 aliphatic heterocycles. The summed E-state index contributed by atoms with van der Waals surface area (Å²) in [5.41, 5.74) is 1.11. The number of rotatable bonds is 6. The summed E-state index contributed by atoms with van der Waals surface area (Å²) >= 11 is 1.57. The molecule has 8 heteroatoms. The first-order valence-electron chi connectivity index (χ1n) is 10.5. The Morgan fingerprint density at radius 3 is 2.16 bits per heavy atom. The van der Waals surface area contributed by atoms with E-state index in [1.165, 1.54) is 0 Å². The zero-order chi connectivity index (χ0) is 22.8. The van der Waals surface area contributed by atoms with E-state index in [0.717, 1.165) is 4.90 Å². The zero-order valence-electron chi connectivity index (χ0n) is 17.8. The number of hydrogen-bond donors (Lipinski definition) is 1. The largest absolute Gasteiger partial charge is 0.458 e.